The van der Waals surface area contributed by atoms with Gasteiger partial charge in [0, 0.05) is 26.3 Å². The predicted molar refractivity (Wildman–Crippen MR) is 56.3 cm³/mol. The molecule has 0 aliphatic carbocycles. The zero-order valence-corrected chi connectivity index (χ0v) is 8.95. The number of aromatic nitrogens is 1. The number of rotatable bonds is 4. The van der Waals surface area contributed by atoms with E-state index in [-0.39, 0.29) is 5.91 Å². The van der Waals surface area contributed by atoms with Crippen LogP contribution in [-0.2, 0) is 7.05 Å². The molecule has 1 heterocycles. The second-order valence-corrected chi connectivity index (χ2v) is 3.56. The van der Waals surface area contributed by atoms with Crippen molar-refractivity contribution in [1.29, 1.82) is 0 Å². The summed E-state index contributed by atoms with van der Waals surface area (Å²) in [6.45, 7) is 1.53. The van der Waals surface area contributed by atoms with E-state index in [0.717, 1.165) is 6.54 Å². The zero-order valence-electron chi connectivity index (χ0n) is 8.95. The largest absolute Gasteiger partial charge is 0.349 e. The summed E-state index contributed by atoms with van der Waals surface area (Å²) < 4.78 is 1.81. The van der Waals surface area contributed by atoms with Gasteiger partial charge in [0.1, 0.15) is 5.69 Å². The van der Waals surface area contributed by atoms with Crippen LogP contribution in [-0.4, -0.2) is 42.6 Å². The molecule has 0 atom stereocenters. The van der Waals surface area contributed by atoms with E-state index in [0.29, 0.717) is 12.2 Å². The number of amides is 1. The fourth-order valence-electron chi connectivity index (χ4n) is 1.18. The monoisotopic (exact) mass is 195 g/mol. The Hall–Kier alpha value is -1.29. The van der Waals surface area contributed by atoms with Crippen LogP contribution in [0.1, 0.15) is 10.5 Å². The third kappa shape index (κ3) is 2.88. The Bertz CT molecular complexity index is 304. The Balaban J connectivity index is 2.40. The van der Waals surface area contributed by atoms with E-state index in [9.17, 15) is 4.79 Å². The number of carbonyl (C=O) groups is 1. The maximum Gasteiger partial charge on any atom is 0.267 e. The molecule has 78 valence electrons. The van der Waals surface area contributed by atoms with Crippen LogP contribution < -0.4 is 5.32 Å². The highest BCUT2D eigenvalue weighted by Gasteiger charge is 2.06. The van der Waals surface area contributed by atoms with Crippen LogP contribution in [0.5, 0.6) is 0 Å². The molecule has 0 saturated heterocycles. The second kappa shape index (κ2) is 4.81. The first-order valence-corrected chi connectivity index (χ1v) is 4.65. The number of nitrogens with zero attached hydrogens (tertiary/aromatic N) is 2. The summed E-state index contributed by atoms with van der Waals surface area (Å²) in [4.78, 5) is 13.6. The van der Waals surface area contributed by atoms with E-state index in [2.05, 4.69) is 5.32 Å². The molecule has 0 aromatic carbocycles. The van der Waals surface area contributed by atoms with E-state index in [1.165, 1.54) is 0 Å². The molecule has 0 unspecified atom stereocenters. The van der Waals surface area contributed by atoms with E-state index in [1.54, 1.807) is 0 Å². The summed E-state index contributed by atoms with van der Waals surface area (Å²) >= 11 is 0. The average molecular weight is 195 g/mol. The van der Waals surface area contributed by atoms with Crippen LogP contribution in [0, 0.1) is 0 Å². The maximum atomic E-state index is 11.6. The molecule has 0 spiro atoms. The van der Waals surface area contributed by atoms with Crippen molar-refractivity contribution in [3.05, 3.63) is 24.0 Å². The van der Waals surface area contributed by atoms with Crippen molar-refractivity contribution in [1.82, 2.24) is 14.8 Å². The number of nitrogens with one attached hydrogen (secondary N) is 1. The van der Waals surface area contributed by atoms with Crippen molar-refractivity contribution < 1.29 is 4.79 Å². The summed E-state index contributed by atoms with van der Waals surface area (Å²) in [6.07, 6.45) is 1.86. The summed E-state index contributed by atoms with van der Waals surface area (Å²) in [5, 5.41) is 2.86. The molecule has 1 aromatic rings. The van der Waals surface area contributed by atoms with Crippen molar-refractivity contribution in [2.75, 3.05) is 27.2 Å². The minimum absolute atomic E-state index is 0.0145. The van der Waals surface area contributed by atoms with Gasteiger partial charge in [-0.15, -0.1) is 0 Å². The number of hydrogen-bond donors (Lipinski definition) is 1. The van der Waals surface area contributed by atoms with Crippen molar-refractivity contribution in [2.24, 2.45) is 7.05 Å². The van der Waals surface area contributed by atoms with Crippen molar-refractivity contribution in [3.8, 4) is 0 Å². The van der Waals surface area contributed by atoms with Gasteiger partial charge in [-0.05, 0) is 26.2 Å². The van der Waals surface area contributed by atoms with Gasteiger partial charge in [-0.3, -0.25) is 4.79 Å². The predicted octanol–water partition coefficient (Wildman–Crippen LogP) is 0.316. The summed E-state index contributed by atoms with van der Waals surface area (Å²) in [5.74, 6) is -0.0145. The summed E-state index contributed by atoms with van der Waals surface area (Å²) in [6, 6.07) is 3.67. The van der Waals surface area contributed by atoms with Crippen molar-refractivity contribution >= 4 is 5.91 Å². The van der Waals surface area contributed by atoms with Crippen LogP contribution in [0.2, 0.25) is 0 Å². The molecule has 0 aliphatic rings. The molecule has 0 aliphatic heterocycles. The molecule has 1 aromatic heterocycles. The normalized spacial score (nSPS) is 10.6. The molecular formula is C10H17N3O. The minimum atomic E-state index is -0.0145. The minimum Gasteiger partial charge on any atom is -0.349 e. The van der Waals surface area contributed by atoms with Crippen molar-refractivity contribution in [2.45, 2.75) is 0 Å². The lowest BCUT2D eigenvalue weighted by atomic mass is 10.4. The van der Waals surface area contributed by atoms with Gasteiger partial charge in [0.2, 0.25) is 0 Å². The lowest BCUT2D eigenvalue weighted by molar-refractivity contribution is 0.0943. The lowest BCUT2D eigenvalue weighted by Crippen LogP contribution is -2.32. The third-order valence-electron chi connectivity index (χ3n) is 2.02. The SMILES string of the molecule is CN(C)CCNC(=O)c1cccn1C. The Morgan fingerprint density at radius 2 is 2.29 bits per heavy atom. The van der Waals surface area contributed by atoms with E-state index in [4.69, 9.17) is 0 Å². The molecule has 0 bridgehead atoms. The van der Waals surface area contributed by atoms with Gasteiger partial charge < -0.3 is 14.8 Å². The van der Waals surface area contributed by atoms with Crippen LogP contribution in [0.4, 0.5) is 0 Å². The van der Waals surface area contributed by atoms with E-state index >= 15 is 0 Å². The summed E-state index contributed by atoms with van der Waals surface area (Å²) in [5.41, 5.74) is 0.698. The molecule has 4 heteroatoms. The number of aryl methyl sites for hydroxylation is 1. The smallest absolute Gasteiger partial charge is 0.267 e. The molecule has 1 N–H and O–H groups in total. The standard InChI is InChI=1S/C10H17N3O/c1-12(2)8-6-11-10(14)9-5-4-7-13(9)3/h4-5,7H,6,8H2,1-3H3,(H,11,14). The number of likely N-dealkylation sites (N-methyl/N-ethyl adjacent to an activating group) is 1. The Morgan fingerprint density at radius 1 is 1.57 bits per heavy atom. The fourth-order valence-corrected chi connectivity index (χ4v) is 1.18. The molecule has 0 saturated carbocycles. The molecule has 0 fully saturated rings. The fraction of sp³-hybridized carbons (Fsp3) is 0.500. The quantitative estimate of drug-likeness (QED) is 0.751. The number of hydrogen-bond acceptors (Lipinski definition) is 2. The Labute approximate surface area is 84.5 Å². The topological polar surface area (TPSA) is 37.3 Å². The van der Waals surface area contributed by atoms with Crippen LogP contribution in [0.3, 0.4) is 0 Å². The van der Waals surface area contributed by atoms with Gasteiger partial charge in [-0.1, -0.05) is 0 Å². The van der Waals surface area contributed by atoms with Crippen molar-refractivity contribution in [3.63, 3.8) is 0 Å². The first kappa shape index (κ1) is 10.8. The Kier molecular flexibility index (Phi) is 3.71. The van der Waals surface area contributed by atoms with Gasteiger partial charge in [-0.2, -0.15) is 0 Å². The maximum absolute atomic E-state index is 11.6. The average Bonchev–Trinajstić information content (AvgIpc) is 2.50. The molecule has 1 rings (SSSR count). The van der Waals surface area contributed by atoms with Gasteiger partial charge >= 0.3 is 0 Å². The first-order chi connectivity index (χ1) is 6.61. The summed E-state index contributed by atoms with van der Waals surface area (Å²) in [7, 11) is 5.82. The van der Waals surface area contributed by atoms with Crippen LogP contribution in [0.25, 0.3) is 0 Å². The Morgan fingerprint density at radius 3 is 2.79 bits per heavy atom. The van der Waals surface area contributed by atoms with Crippen LogP contribution >= 0.6 is 0 Å². The van der Waals surface area contributed by atoms with Gasteiger partial charge in [0.05, 0.1) is 0 Å². The van der Waals surface area contributed by atoms with E-state index < -0.39 is 0 Å². The highest BCUT2D eigenvalue weighted by atomic mass is 16.1. The van der Waals surface area contributed by atoms with Gasteiger partial charge in [-0.25, -0.2) is 0 Å². The molecule has 4 nitrogen and oxygen atoms in total. The molecule has 1 amide bonds. The third-order valence-corrected chi connectivity index (χ3v) is 2.02. The number of carbonyl (C=O) groups excluding carboxylic acids is 1. The molecular weight excluding hydrogens is 178 g/mol. The van der Waals surface area contributed by atoms with Gasteiger partial charge in [0.15, 0.2) is 0 Å². The first-order valence-electron chi connectivity index (χ1n) is 4.65. The molecule has 14 heavy (non-hydrogen) atoms. The lowest BCUT2D eigenvalue weighted by Gasteiger charge is -2.10. The van der Waals surface area contributed by atoms with Crippen LogP contribution in [0.15, 0.2) is 18.3 Å². The van der Waals surface area contributed by atoms with Gasteiger partial charge in [0.25, 0.3) is 5.91 Å². The highest BCUT2D eigenvalue weighted by Crippen LogP contribution is 1.98. The highest BCUT2D eigenvalue weighted by molar-refractivity contribution is 5.92. The van der Waals surface area contributed by atoms with E-state index in [1.807, 2.05) is 48.9 Å². The molecule has 0 radical (unpaired) electrons. The second-order valence-electron chi connectivity index (χ2n) is 3.56. The zero-order chi connectivity index (χ0) is 10.6.